The first-order valence-electron chi connectivity index (χ1n) is 7.56. The van der Waals surface area contributed by atoms with Crippen LogP contribution in [0.3, 0.4) is 0 Å². The Hall–Kier alpha value is -2.40. The maximum Gasteiger partial charge on any atom is 0.338 e. The number of amides is 1. The second kappa shape index (κ2) is 7.01. The van der Waals surface area contributed by atoms with Crippen molar-refractivity contribution in [1.29, 1.82) is 0 Å². The van der Waals surface area contributed by atoms with Crippen LogP contribution in [0.1, 0.15) is 22.3 Å². The van der Waals surface area contributed by atoms with Crippen molar-refractivity contribution < 1.29 is 18.7 Å². The number of para-hydroxylation sites is 1. The summed E-state index contributed by atoms with van der Waals surface area (Å²) in [6.45, 7) is 0.220. The summed E-state index contributed by atoms with van der Waals surface area (Å²) in [6.07, 6.45) is 1.79. The van der Waals surface area contributed by atoms with Gasteiger partial charge in [-0.3, -0.25) is 4.79 Å². The minimum absolute atomic E-state index is 0.105. The Morgan fingerprint density at radius 1 is 1.21 bits per heavy atom. The summed E-state index contributed by atoms with van der Waals surface area (Å²) in [6, 6.07) is 11.2. The zero-order valence-electron chi connectivity index (χ0n) is 12.8. The number of rotatable bonds is 3. The molecule has 1 aliphatic heterocycles. The minimum atomic E-state index is -0.712. The largest absolute Gasteiger partial charge is 0.452 e. The fourth-order valence-corrected chi connectivity index (χ4v) is 2.88. The molecule has 0 unspecified atom stereocenters. The predicted octanol–water partition coefficient (Wildman–Crippen LogP) is 3.62. The SMILES string of the molecule is O=C(OCC(=O)N1CCCc2ccccc21)c1ccc(F)c(Cl)c1. The molecular weight excluding hydrogens is 333 g/mol. The van der Waals surface area contributed by atoms with Crippen LogP contribution >= 0.6 is 11.6 Å². The van der Waals surface area contributed by atoms with Crippen molar-refractivity contribution >= 4 is 29.2 Å². The first-order chi connectivity index (χ1) is 11.6. The predicted molar refractivity (Wildman–Crippen MR) is 88.8 cm³/mol. The van der Waals surface area contributed by atoms with E-state index < -0.39 is 11.8 Å². The third-order valence-electron chi connectivity index (χ3n) is 3.89. The minimum Gasteiger partial charge on any atom is -0.452 e. The van der Waals surface area contributed by atoms with Crippen LogP contribution < -0.4 is 4.90 Å². The molecule has 0 radical (unpaired) electrons. The molecule has 0 atom stereocenters. The molecule has 0 fully saturated rings. The molecule has 4 nitrogen and oxygen atoms in total. The quantitative estimate of drug-likeness (QED) is 0.797. The lowest BCUT2D eigenvalue weighted by atomic mass is 10.0. The molecule has 0 aliphatic carbocycles. The van der Waals surface area contributed by atoms with Gasteiger partial charge in [0.15, 0.2) is 6.61 Å². The van der Waals surface area contributed by atoms with Gasteiger partial charge in [-0.05, 0) is 42.7 Å². The summed E-state index contributed by atoms with van der Waals surface area (Å²) >= 11 is 5.64. The molecule has 6 heteroatoms. The smallest absolute Gasteiger partial charge is 0.338 e. The average Bonchev–Trinajstić information content (AvgIpc) is 2.61. The molecule has 1 amide bonds. The Morgan fingerprint density at radius 2 is 2.00 bits per heavy atom. The number of fused-ring (bicyclic) bond motifs is 1. The molecule has 1 heterocycles. The van der Waals surface area contributed by atoms with E-state index in [4.69, 9.17) is 16.3 Å². The van der Waals surface area contributed by atoms with Gasteiger partial charge in [-0.2, -0.15) is 0 Å². The monoisotopic (exact) mass is 347 g/mol. The van der Waals surface area contributed by atoms with Crippen LogP contribution in [0, 0.1) is 5.82 Å². The average molecular weight is 348 g/mol. The molecule has 0 aromatic heterocycles. The maximum atomic E-state index is 13.1. The highest BCUT2D eigenvalue weighted by atomic mass is 35.5. The lowest BCUT2D eigenvalue weighted by Crippen LogP contribution is -2.38. The lowest BCUT2D eigenvalue weighted by Gasteiger charge is -2.29. The van der Waals surface area contributed by atoms with E-state index in [-0.39, 0.29) is 23.1 Å². The standard InChI is InChI=1S/C18H15ClFNO3/c19-14-10-13(7-8-15(14)20)18(23)24-11-17(22)21-9-3-5-12-4-1-2-6-16(12)21/h1-2,4,6-8,10H,3,5,9,11H2. The van der Waals surface area contributed by atoms with Crippen LogP contribution in [0.25, 0.3) is 0 Å². The second-order valence-electron chi connectivity index (χ2n) is 5.48. The van der Waals surface area contributed by atoms with E-state index in [2.05, 4.69) is 0 Å². The highest BCUT2D eigenvalue weighted by molar-refractivity contribution is 6.31. The number of hydrogen-bond donors (Lipinski definition) is 0. The Labute approximate surface area is 143 Å². The number of carbonyl (C=O) groups is 2. The van der Waals surface area contributed by atoms with Crippen molar-refractivity contribution in [3.05, 3.63) is 64.4 Å². The van der Waals surface area contributed by atoms with E-state index >= 15 is 0 Å². The van der Waals surface area contributed by atoms with Crippen LogP contribution in [0.5, 0.6) is 0 Å². The molecule has 0 bridgehead atoms. The van der Waals surface area contributed by atoms with Gasteiger partial charge in [0.05, 0.1) is 10.6 Å². The van der Waals surface area contributed by atoms with Gasteiger partial charge < -0.3 is 9.64 Å². The summed E-state index contributed by atoms with van der Waals surface area (Å²) in [7, 11) is 0. The number of esters is 1. The molecule has 24 heavy (non-hydrogen) atoms. The summed E-state index contributed by atoms with van der Waals surface area (Å²) in [5.41, 5.74) is 2.07. The van der Waals surface area contributed by atoms with Gasteiger partial charge in [-0.1, -0.05) is 29.8 Å². The van der Waals surface area contributed by atoms with E-state index in [0.29, 0.717) is 6.54 Å². The Kier molecular flexibility index (Phi) is 4.81. The Morgan fingerprint density at radius 3 is 2.79 bits per heavy atom. The number of ether oxygens (including phenoxy) is 1. The fraction of sp³-hybridized carbons (Fsp3) is 0.222. The number of benzene rings is 2. The van der Waals surface area contributed by atoms with Crippen LogP contribution in [0.2, 0.25) is 5.02 Å². The highest BCUT2D eigenvalue weighted by Crippen LogP contribution is 2.26. The van der Waals surface area contributed by atoms with E-state index in [0.717, 1.165) is 30.2 Å². The molecule has 0 saturated carbocycles. The number of nitrogens with zero attached hydrogens (tertiary/aromatic N) is 1. The second-order valence-corrected chi connectivity index (χ2v) is 5.89. The van der Waals surface area contributed by atoms with Gasteiger partial charge in [0.1, 0.15) is 5.82 Å². The van der Waals surface area contributed by atoms with Crippen molar-refractivity contribution in [1.82, 2.24) is 0 Å². The molecule has 124 valence electrons. The summed E-state index contributed by atoms with van der Waals surface area (Å²) in [4.78, 5) is 26.0. The van der Waals surface area contributed by atoms with E-state index in [9.17, 15) is 14.0 Å². The van der Waals surface area contributed by atoms with Crippen molar-refractivity contribution in [2.24, 2.45) is 0 Å². The third kappa shape index (κ3) is 3.41. The number of carbonyl (C=O) groups excluding carboxylic acids is 2. The van der Waals surface area contributed by atoms with Gasteiger partial charge >= 0.3 is 5.97 Å². The lowest BCUT2D eigenvalue weighted by molar-refractivity contribution is -0.121. The van der Waals surface area contributed by atoms with Crippen molar-refractivity contribution in [2.75, 3.05) is 18.1 Å². The topological polar surface area (TPSA) is 46.6 Å². The number of aryl methyl sites for hydroxylation is 1. The Bertz CT molecular complexity index is 794. The molecule has 0 spiro atoms. The first-order valence-corrected chi connectivity index (χ1v) is 7.94. The van der Waals surface area contributed by atoms with Crippen molar-refractivity contribution in [2.45, 2.75) is 12.8 Å². The zero-order valence-corrected chi connectivity index (χ0v) is 13.6. The third-order valence-corrected chi connectivity index (χ3v) is 4.18. The van der Waals surface area contributed by atoms with Gasteiger partial charge in [-0.25, -0.2) is 9.18 Å². The Balaban J connectivity index is 1.66. The fourth-order valence-electron chi connectivity index (χ4n) is 2.70. The van der Waals surface area contributed by atoms with E-state index in [1.54, 1.807) is 4.90 Å². The molecule has 3 rings (SSSR count). The van der Waals surface area contributed by atoms with Crippen molar-refractivity contribution in [3.63, 3.8) is 0 Å². The number of anilines is 1. The molecular formula is C18H15ClFNO3. The molecule has 0 saturated heterocycles. The summed E-state index contributed by atoms with van der Waals surface area (Å²) in [5.74, 6) is -1.62. The zero-order chi connectivity index (χ0) is 17.1. The number of halogens is 2. The van der Waals surface area contributed by atoms with Gasteiger partial charge in [0.25, 0.3) is 5.91 Å². The summed E-state index contributed by atoms with van der Waals surface area (Å²) in [5, 5.41) is -0.166. The van der Waals surface area contributed by atoms with Crippen molar-refractivity contribution in [3.8, 4) is 0 Å². The van der Waals surface area contributed by atoms with Crippen LogP contribution in [-0.4, -0.2) is 25.0 Å². The normalized spacial score (nSPS) is 13.3. The number of hydrogen-bond acceptors (Lipinski definition) is 3. The van der Waals surface area contributed by atoms with Crippen LogP contribution in [0.15, 0.2) is 42.5 Å². The summed E-state index contributed by atoms with van der Waals surface area (Å²) < 4.78 is 18.2. The van der Waals surface area contributed by atoms with E-state index in [1.807, 2.05) is 24.3 Å². The molecule has 2 aromatic carbocycles. The van der Waals surface area contributed by atoms with Gasteiger partial charge in [-0.15, -0.1) is 0 Å². The molecule has 1 aliphatic rings. The molecule has 2 aromatic rings. The highest BCUT2D eigenvalue weighted by Gasteiger charge is 2.23. The van der Waals surface area contributed by atoms with Crippen LogP contribution in [0.4, 0.5) is 10.1 Å². The van der Waals surface area contributed by atoms with E-state index in [1.165, 1.54) is 12.1 Å². The van der Waals surface area contributed by atoms with Gasteiger partial charge in [0.2, 0.25) is 0 Å². The van der Waals surface area contributed by atoms with Gasteiger partial charge in [0, 0.05) is 12.2 Å². The van der Waals surface area contributed by atoms with Crippen LogP contribution in [-0.2, 0) is 16.0 Å². The maximum absolute atomic E-state index is 13.1. The first kappa shape index (κ1) is 16.5. The molecule has 0 N–H and O–H groups in total.